The number of aliphatic hydroxyl groups is 1. The first-order valence-corrected chi connectivity index (χ1v) is 10.3. The lowest BCUT2D eigenvalue weighted by Crippen LogP contribution is -2.26. The van der Waals surface area contributed by atoms with Crippen LogP contribution in [0.15, 0.2) is 47.7 Å². The highest BCUT2D eigenvalue weighted by atomic mass is 32.2. The fourth-order valence-corrected chi connectivity index (χ4v) is 2.65. The Morgan fingerprint density at radius 1 is 1.26 bits per heavy atom. The Morgan fingerprint density at radius 2 is 1.97 bits per heavy atom. The van der Waals surface area contributed by atoms with E-state index >= 15 is 0 Å². The summed E-state index contributed by atoms with van der Waals surface area (Å²) in [7, 11) is 0. The zero-order valence-corrected chi connectivity index (χ0v) is 17.3. The van der Waals surface area contributed by atoms with E-state index in [0.717, 1.165) is 23.9 Å². The van der Waals surface area contributed by atoms with Crippen LogP contribution in [0.1, 0.15) is 30.9 Å². The van der Waals surface area contributed by atoms with Gasteiger partial charge in [-0.2, -0.15) is 0 Å². The lowest BCUT2D eigenvalue weighted by molar-refractivity contribution is -0.274. The minimum Gasteiger partial charge on any atom is -0.494 e. The molecule has 0 saturated carbocycles. The molecule has 0 fully saturated rings. The number of allylic oxidation sites excluding steroid dienone is 4. The number of imide groups is 1. The second kappa shape index (κ2) is 11.5. The Hall–Kier alpha value is -2.90. The maximum Gasteiger partial charge on any atom is 0.573 e. The van der Waals surface area contributed by atoms with E-state index in [9.17, 15) is 27.9 Å². The van der Waals surface area contributed by atoms with Gasteiger partial charge in [-0.15, -0.1) is 13.2 Å². The quantitative estimate of drug-likeness (QED) is 0.571. The topological polar surface area (TPSA) is 84.9 Å². The Kier molecular flexibility index (Phi) is 9.03. The number of hydrogen-bond acceptors (Lipinski definition) is 6. The Balaban J connectivity index is 1.84. The average molecular weight is 455 g/mol. The number of alkyl halides is 3. The number of ether oxygens (including phenoxy) is 2. The molecule has 0 bridgehead atoms. The van der Waals surface area contributed by atoms with Crippen LogP contribution < -0.4 is 10.1 Å². The molecule has 0 aliphatic heterocycles. The normalized spacial score (nSPS) is 14.2. The lowest BCUT2D eigenvalue weighted by Gasteiger charge is -2.14. The van der Waals surface area contributed by atoms with Crippen molar-refractivity contribution in [3.05, 3.63) is 53.3 Å². The molecule has 6 nitrogen and oxygen atoms in total. The summed E-state index contributed by atoms with van der Waals surface area (Å²) < 4.78 is 45.9. The zero-order chi connectivity index (χ0) is 22.9. The molecule has 0 saturated heterocycles. The van der Waals surface area contributed by atoms with Crippen LogP contribution in [0.25, 0.3) is 0 Å². The molecule has 0 spiro atoms. The molecule has 1 aromatic rings. The van der Waals surface area contributed by atoms with E-state index in [0.29, 0.717) is 29.7 Å². The van der Waals surface area contributed by atoms with Crippen molar-refractivity contribution in [1.29, 1.82) is 0 Å². The van der Waals surface area contributed by atoms with E-state index in [1.807, 2.05) is 0 Å². The van der Waals surface area contributed by atoms with Crippen molar-refractivity contribution >= 4 is 22.9 Å². The van der Waals surface area contributed by atoms with Gasteiger partial charge < -0.3 is 14.6 Å². The monoisotopic (exact) mass is 455 g/mol. The third-order valence-corrected chi connectivity index (χ3v) is 4.43. The summed E-state index contributed by atoms with van der Waals surface area (Å²) in [4.78, 5) is 22.8. The van der Waals surface area contributed by atoms with Crippen LogP contribution in [-0.4, -0.2) is 35.5 Å². The highest BCUT2D eigenvalue weighted by Crippen LogP contribution is 2.25. The van der Waals surface area contributed by atoms with Gasteiger partial charge in [-0.3, -0.25) is 14.9 Å². The van der Waals surface area contributed by atoms with E-state index in [-0.39, 0.29) is 24.7 Å². The molecule has 0 heterocycles. The van der Waals surface area contributed by atoms with Crippen molar-refractivity contribution < 1.29 is 37.3 Å². The number of aliphatic hydroxyl groups excluding tert-OH is 1. The number of carbonyl (C=O) groups is 2. The molecular formula is C21H20F3NO5S. The van der Waals surface area contributed by atoms with E-state index in [1.165, 1.54) is 12.1 Å². The number of halogens is 3. The van der Waals surface area contributed by atoms with E-state index in [4.69, 9.17) is 4.74 Å². The lowest BCUT2D eigenvalue weighted by atomic mass is 10.1. The molecule has 2 rings (SSSR count). The fraction of sp³-hybridized carbons (Fsp3) is 0.333. The van der Waals surface area contributed by atoms with Gasteiger partial charge in [0.2, 0.25) is 5.91 Å². The first-order valence-electron chi connectivity index (χ1n) is 9.09. The van der Waals surface area contributed by atoms with Gasteiger partial charge in [0.05, 0.1) is 6.42 Å². The van der Waals surface area contributed by atoms with Gasteiger partial charge in [0.25, 0.3) is 5.24 Å². The smallest absolute Gasteiger partial charge is 0.494 e. The van der Waals surface area contributed by atoms with Gasteiger partial charge in [-0.1, -0.05) is 35.7 Å². The first kappa shape index (κ1) is 24.4. The van der Waals surface area contributed by atoms with Crippen molar-refractivity contribution in [2.75, 3.05) is 12.9 Å². The molecule has 166 valence electrons. The summed E-state index contributed by atoms with van der Waals surface area (Å²) in [5.74, 6) is 5.55. The van der Waals surface area contributed by atoms with Crippen LogP contribution in [-0.2, 0) is 9.53 Å². The molecule has 1 aliphatic rings. The van der Waals surface area contributed by atoms with E-state index in [1.54, 1.807) is 18.4 Å². The van der Waals surface area contributed by atoms with Gasteiger partial charge in [0.15, 0.2) is 0 Å². The van der Waals surface area contributed by atoms with Crippen molar-refractivity contribution in [1.82, 2.24) is 5.32 Å². The van der Waals surface area contributed by atoms with Crippen LogP contribution in [0.3, 0.4) is 0 Å². The number of hydrogen-bond donors (Lipinski definition) is 2. The predicted octanol–water partition coefficient (Wildman–Crippen LogP) is 4.23. The van der Waals surface area contributed by atoms with Crippen molar-refractivity contribution in [3.63, 3.8) is 0 Å². The third kappa shape index (κ3) is 9.19. The Labute approximate surface area is 181 Å². The summed E-state index contributed by atoms with van der Waals surface area (Å²) in [6.07, 6.45) is -0.126. The second-order valence-corrected chi connectivity index (χ2v) is 7.07. The largest absolute Gasteiger partial charge is 0.573 e. The van der Waals surface area contributed by atoms with Gasteiger partial charge in [0, 0.05) is 12.0 Å². The maximum atomic E-state index is 12.2. The molecule has 10 heteroatoms. The van der Waals surface area contributed by atoms with E-state index < -0.39 is 17.7 Å². The number of nitrogens with one attached hydrogen (secondary N) is 1. The van der Waals surface area contributed by atoms with Crippen LogP contribution >= 0.6 is 11.8 Å². The van der Waals surface area contributed by atoms with Crippen LogP contribution in [0, 0.1) is 11.8 Å². The first-order chi connectivity index (χ1) is 14.7. The molecule has 2 N–H and O–H groups in total. The van der Waals surface area contributed by atoms with Crippen molar-refractivity contribution in [2.24, 2.45) is 0 Å². The van der Waals surface area contributed by atoms with Gasteiger partial charge in [-0.25, -0.2) is 0 Å². The summed E-state index contributed by atoms with van der Waals surface area (Å²) in [6.45, 7) is -0.116. The Morgan fingerprint density at radius 3 is 2.61 bits per heavy atom. The highest BCUT2D eigenvalue weighted by molar-refractivity contribution is 8.13. The third-order valence-electron chi connectivity index (χ3n) is 3.96. The minimum absolute atomic E-state index is 0.115. The number of rotatable bonds is 8. The van der Waals surface area contributed by atoms with Crippen molar-refractivity contribution in [3.8, 4) is 17.6 Å². The second-order valence-electron chi connectivity index (χ2n) is 6.29. The number of amides is 2. The van der Waals surface area contributed by atoms with Crippen LogP contribution in [0.5, 0.6) is 5.75 Å². The molecule has 2 amide bonds. The summed E-state index contributed by atoms with van der Waals surface area (Å²) in [5, 5.41) is 12.0. The predicted molar refractivity (Wildman–Crippen MR) is 109 cm³/mol. The van der Waals surface area contributed by atoms with Gasteiger partial charge in [-0.05, 0) is 42.5 Å². The number of thioether (sulfide) groups is 1. The fourth-order valence-electron chi connectivity index (χ4n) is 2.43. The van der Waals surface area contributed by atoms with Crippen LogP contribution in [0.2, 0.25) is 0 Å². The van der Waals surface area contributed by atoms with Crippen LogP contribution in [0.4, 0.5) is 18.0 Å². The summed E-state index contributed by atoms with van der Waals surface area (Å²) in [5.41, 5.74) is 1.07. The molecular weight excluding hydrogens is 435 g/mol. The molecule has 1 aromatic carbocycles. The van der Waals surface area contributed by atoms with E-state index in [2.05, 4.69) is 21.9 Å². The van der Waals surface area contributed by atoms with Crippen molar-refractivity contribution in [2.45, 2.75) is 31.7 Å². The zero-order valence-electron chi connectivity index (χ0n) is 16.5. The van der Waals surface area contributed by atoms with Gasteiger partial charge in [0.1, 0.15) is 24.2 Å². The molecule has 31 heavy (non-hydrogen) atoms. The highest BCUT2D eigenvalue weighted by Gasteiger charge is 2.31. The standard InChI is InChI=1S/C21H20F3NO5S/c1-31-20(28)25-19(27)12-6-14-3-2-4-16(9-5-14)29-13-18(26)15-7-10-17(11-8-15)30-21(22,23)24/h5,7-11,18,26H,4,6,12-13H2,1H3,(H,25,27,28)/t18-/m0/s1. The maximum absolute atomic E-state index is 12.2. The molecule has 0 aromatic heterocycles. The number of carbonyl (C=O) groups excluding carboxylic acids is 2. The minimum atomic E-state index is -4.78. The summed E-state index contributed by atoms with van der Waals surface area (Å²) in [6, 6.07) is 4.86. The average Bonchev–Trinajstić information content (AvgIpc) is 2.95. The van der Waals surface area contributed by atoms with Gasteiger partial charge >= 0.3 is 6.36 Å². The molecule has 0 radical (unpaired) electrons. The molecule has 1 aliphatic carbocycles. The summed E-state index contributed by atoms with van der Waals surface area (Å²) >= 11 is 0.916. The SMILES string of the molecule is CSC(=O)NC(=O)CCC1=CC=C(OC[C@H](O)c2ccc(OC(F)(F)F)cc2)CC#C1. The molecule has 0 unspecified atom stereocenters. The Bertz CT molecular complexity index is 914. The molecule has 1 atom stereocenters. The number of benzene rings is 1.